The highest BCUT2D eigenvalue weighted by atomic mass is 16.5. The number of carbonyl (C=O) groups is 2. The Kier molecular flexibility index (Phi) is 6.27. The van der Waals surface area contributed by atoms with Gasteiger partial charge >= 0.3 is 0 Å². The third-order valence-corrected chi connectivity index (χ3v) is 7.65. The first-order valence-corrected chi connectivity index (χ1v) is 13.2. The molecule has 3 aliphatic rings. The van der Waals surface area contributed by atoms with Crippen molar-refractivity contribution in [3.63, 3.8) is 0 Å². The number of para-hydroxylation sites is 1. The summed E-state index contributed by atoms with van der Waals surface area (Å²) in [6.45, 7) is 4.04. The lowest BCUT2D eigenvalue weighted by Crippen LogP contribution is -2.28. The van der Waals surface area contributed by atoms with Crippen LogP contribution in [0.5, 0.6) is 0 Å². The first-order chi connectivity index (χ1) is 18.4. The fraction of sp³-hybridized carbons (Fsp3) is 0.429. The maximum Gasteiger partial charge on any atom is 0.254 e. The predicted octanol–water partition coefficient (Wildman–Crippen LogP) is 4.01. The Morgan fingerprint density at radius 1 is 1.08 bits per heavy atom. The van der Waals surface area contributed by atoms with Gasteiger partial charge in [0.1, 0.15) is 5.82 Å². The van der Waals surface area contributed by atoms with Gasteiger partial charge in [-0.05, 0) is 38.7 Å². The van der Waals surface area contributed by atoms with Crippen molar-refractivity contribution >= 4 is 34.7 Å². The number of hydrogen-bond acceptors (Lipinski definition) is 7. The Morgan fingerprint density at radius 2 is 1.87 bits per heavy atom. The van der Waals surface area contributed by atoms with Gasteiger partial charge in [-0.15, -0.1) is 0 Å². The zero-order valence-electron chi connectivity index (χ0n) is 22.0. The number of aromatic nitrogens is 3. The number of anilines is 4. The maximum atomic E-state index is 12.9. The second-order valence-electron chi connectivity index (χ2n) is 10.3. The van der Waals surface area contributed by atoms with Crippen LogP contribution in [-0.2, 0) is 16.1 Å². The van der Waals surface area contributed by atoms with E-state index in [1.54, 1.807) is 20.0 Å². The van der Waals surface area contributed by atoms with Crippen molar-refractivity contribution in [3.05, 3.63) is 47.4 Å². The van der Waals surface area contributed by atoms with Gasteiger partial charge in [-0.25, -0.2) is 4.98 Å². The summed E-state index contributed by atoms with van der Waals surface area (Å²) in [5, 5.41) is 13.9. The zero-order chi connectivity index (χ0) is 26.4. The average molecular weight is 516 g/mol. The molecule has 10 nitrogen and oxygen atoms in total. The number of benzene rings is 1. The molecule has 10 heteroatoms. The largest absolute Gasteiger partial charge is 0.381 e. The number of pyridine rings is 1. The molecule has 0 atom stereocenters. The van der Waals surface area contributed by atoms with Gasteiger partial charge in [0.15, 0.2) is 0 Å². The summed E-state index contributed by atoms with van der Waals surface area (Å²) in [4.78, 5) is 32.0. The van der Waals surface area contributed by atoms with E-state index in [1.165, 1.54) is 5.69 Å². The van der Waals surface area contributed by atoms with Gasteiger partial charge in [0.05, 0.1) is 52.8 Å². The number of amides is 2. The van der Waals surface area contributed by atoms with E-state index in [-0.39, 0.29) is 17.7 Å². The number of fused-ring (bicyclic) bond motifs is 3. The highest BCUT2D eigenvalue weighted by Crippen LogP contribution is 2.45. The van der Waals surface area contributed by atoms with Crippen LogP contribution in [0.2, 0.25) is 0 Å². The smallest absolute Gasteiger partial charge is 0.254 e. The molecule has 1 saturated heterocycles. The normalized spacial score (nSPS) is 17.0. The molecule has 38 heavy (non-hydrogen) atoms. The van der Waals surface area contributed by atoms with Crippen LogP contribution in [-0.4, -0.2) is 53.9 Å². The molecule has 0 unspecified atom stereocenters. The van der Waals surface area contributed by atoms with Gasteiger partial charge in [0.25, 0.3) is 5.91 Å². The summed E-state index contributed by atoms with van der Waals surface area (Å²) in [6, 6.07) is 8.23. The third-order valence-electron chi connectivity index (χ3n) is 7.65. The van der Waals surface area contributed by atoms with Crippen LogP contribution in [0.25, 0.3) is 11.1 Å². The van der Waals surface area contributed by atoms with E-state index in [0.717, 1.165) is 67.9 Å². The molecule has 2 amide bonds. The van der Waals surface area contributed by atoms with Crippen LogP contribution in [0.3, 0.4) is 0 Å². The second-order valence-corrected chi connectivity index (χ2v) is 10.3. The van der Waals surface area contributed by atoms with Gasteiger partial charge in [0.2, 0.25) is 5.91 Å². The van der Waals surface area contributed by atoms with E-state index >= 15 is 0 Å². The topological polar surface area (TPSA) is 113 Å². The maximum absolute atomic E-state index is 12.9. The number of aryl methyl sites for hydroxylation is 1. The number of carbonyl (C=O) groups excluding carboxylic acids is 2. The molecule has 1 aliphatic carbocycles. The zero-order valence-corrected chi connectivity index (χ0v) is 22.0. The molecule has 1 aromatic carbocycles. The van der Waals surface area contributed by atoms with E-state index in [2.05, 4.69) is 43.6 Å². The Bertz CT molecular complexity index is 1410. The first-order valence-electron chi connectivity index (χ1n) is 13.2. The van der Waals surface area contributed by atoms with Crippen LogP contribution in [0.15, 0.2) is 30.5 Å². The molecular formula is C28H33N7O3. The Hall–Kier alpha value is -3.92. The number of rotatable bonds is 6. The molecule has 2 aliphatic heterocycles. The predicted molar refractivity (Wildman–Crippen MR) is 146 cm³/mol. The van der Waals surface area contributed by atoms with Crippen LogP contribution in [0, 0.1) is 12.8 Å². The molecule has 1 saturated carbocycles. The summed E-state index contributed by atoms with van der Waals surface area (Å²) in [6.07, 6.45) is 5.72. The van der Waals surface area contributed by atoms with Gasteiger partial charge < -0.3 is 25.6 Å². The molecule has 2 aromatic heterocycles. The van der Waals surface area contributed by atoms with E-state index in [4.69, 9.17) is 9.84 Å². The summed E-state index contributed by atoms with van der Waals surface area (Å²) >= 11 is 0. The van der Waals surface area contributed by atoms with Crippen molar-refractivity contribution < 1.29 is 14.3 Å². The molecule has 3 N–H and O–H groups in total. The van der Waals surface area contributed by atoms with Crippen LogP contribution in [0.1, 0.15) is 53.5 Å². The van der Waals surface area contributed by atoms with Gasteiger partial charge in [-0.3, -0.25) is 14.3 Å². The van der Waals surface area contributed by atoms with Crippen molar-refractivity contribution in [3.8, 4) is 11.1 Å². The molecule has 0 spiro atoms. The van der Waals surface area contributed by atoms with Gasteiger partial charge in [-0.2, -0.15) is 5.10 Å². The Morgan fingerprint density at radius 3 is 2.61 bits per heavy atom. The van der Waals surface area contributed by atoms with Crippen molar-refractivity contribution in [1.82, 2.24) is 20.1 Å². The number of nitrogens with one attached hydrogen (secondary N) is 3. The second kappa shape index (κ2) is 9.75. The Balaban J connectivity index is 1.38. The minimum Gasteiger partial charge on any atom is -0.381 e. The molecule has 4 heterocycles. The van der Waals surface area contributed by atoms with E-state index in [9.17, 15) is 9.59 Å². The number of hydrogen-bond donors (Lipinski definition) is 3. The molecular weight excluding hydrogens is 482 g/mol. The first kappa shape index (κ1) is 24.4. The molecule has 198 valence electrons. The molecule has 0 bridgehead atoms. The van der Waals surface area contributed by atoms with Crippen LogP contribution in [0.4, 0.5) is 22.9 Å². The minimum absolute atomic E-state index is 0.0264. The minimum atomic E-state index is -0.240. The molecule has 3 aromatic rings. The monoisotopic (exact) mass is 515 g/mol. The SMILES string of the molecule is CNC(=O)c1c(Nc2cccc3c2N(C)Cc2c-3cnn2C2CCOCC2)cc(NC(=O)C2CC2)nc1C. The number of ether oxygens (including phenoxy) is 1. The third kappa shape index (κ3) is 4.38. The van der Waals surface area contributed by atoms with Crippen LogP contribution >= 0.6 is 0 Å². The lowest BCUT2D eigenvalue weighted by Gasteiger charge is -2.32. The van der Waals surface area contributed by atoms with E-state index in [1.807, 2.05) is 18.3 Å². The fourth-order valence-electron chi connectivity index (χ4n) is 5.56. The number of nitrogens with zero attached hydrogens (tertiary/aromatic N) is 4. The summed E-state index contributed by atoms with van der Waals surface area (Å²) < 4.78 is 7.75. The lowest BCUT2D eigenvalue weighted by molar-refractivity contribution is -0.117. The average Bonchev–Trinajstić information content (AvgIpc) is 3.68. The van der Waals surface area contributed by atoms with Crippen molar-refractivity contribution in [1.29, 1.82) is 0 Å². The fourth-order valence-corrected chi connectivity index (χ4v) is 5.56. The molecule has 0 radical (unpaired) electrons. The quantitative estimate of drug-likeness (QED) is 0.455. The van der Waals surface area contributed by atoms with Crippen molar-refractivity contribution in [2.24, 2.45) is 5.92 Å². The highest BCUT2D eigenvalue weighted by Gasteiger charge is 2.31. The molecule has 2 fully saturated rings. The van der Waals surface area contributed by atoms with E-state index in [0.29, 0.717) is 28.8 Å². The van der Waals surface area contributed by atoms with Crippen LogP contribution < -0.4 is 20.9 Å². The summed E-state index contributed by atoms with van der Waals surface area (Å²) in [5.74, 6) is 0.225. The van der Waals surface area contributed by atoms with Gasteiger partial charge in [-0.1, -0.05) is 12.1 Å². The van der Waals surface area contributed by atoms with Gasteiger partial charge in [0, 0.05) is 50.4 Å². The lowest BCUT2D eigenvalue weighted by atomic mass is 9.97. The standard InChI is InChI=1S/C28H33N7O3/c1-16-25(28(37)29-2)22(13-24(31-16)33-27(36)17-7-8-17)32-21-6-4-5-19-20-14-30-35(18-9-11-38-12-10-18)23(20)15-34(3)26(19)21/h4-6,13-14,17-18H,7-12,15H2,1-3H3,(H,29,37)(H2,31,32,33,36). The summed E-state index contributed by atoms with van der Waals surface area (Å²) in [5.41, 5.74) is 6.90. The highest BCUT2D eigenvalue weighted by molar-refractivity contribution is 6.03. The molecule has 6 rings (SSSR count). The summed E-state index contributed by atoms with van der Waals surface area (Å²) in [7, 11) is 3.68. The van der Waals surface area contributed by atoms with E-state index < -0.39 is 0 Å². The van der Waals surface area contributed by atoms with Crippen molar-refractivity contribution in [2.45, 2.75) is 45.2 Å². The Labute approximate surface area is 221 Å². The van der Waals surface area contributed by atoms with Crippen molar-refractivity contribution in [2.75, 3.05) is 42.8 Å².